The van der Waals surface area contributed by atoms with Gasteiger partial charge in [-0.3, -0.25) is 0 Å². The molecule has 0 spiro atoms. The topological polar surface area (TPSA) is 66.5 Å². The number of phenols is 1. The van der Waals surface area contributed by atoms with Crippen molar-refractivity contribution in [1.29, 1.82) is 0 Å². The van der Waals surface area contributed by atoms with Crippen LogP contribution in [0.1, 0.15) is 11.6 Å². The van der Waals surface area contributed by atoms with Crippen molar-refractivity contribution in [2.75, 3.05) is 6.61 Å². The lowest BCUT2D eigenvalue weighted by atomic mass is 10.1. The van der Waals surface area contributed by atoms with E-state index in [0.29, 0.717) is 5.56 Å². The van der Waals surface area contributed by atoms with Gasteiger partial charge in [0.15, 0.2) is 0 Å². The van der Waals surface area contributed by atoms with E-state index < -0.39 is 6.04 Å². The zero-order chi connectivity index (χ0) is 9.14. The van der Waals surface area contributed by atoms with Gasteiger partial charge in [-0.15, -0.1) is 0 Å². The first-order valence-corrected chi connectivity index (χ1v) is 3.88. The highest BCUT2D eigenvalue weighted by molar-refractivity contribution is 6.32. The summed E-state index contributed by atoms with van der Waals surface area (Å²) in [7, 11) is 0. The van der Waals surface area contributed by atoms with Crippen LogP contribution in [-0.4, -0.2) is 16.8 Å². The molecule has 0 heterocycles. The predicted octanol–water partition coefficient (Wildman–Crippen LogP) is 1.04. The van der Waals surface area contributed by atoms with Gasteiger partial charge in [-0.2, -0.15) is 0 Å². The highest BCUT2D eigenvalue weighted by Crippen LogP contribution is 2.25. The van der Waals surface area contributed by atoms with Gasteiger partial charge in [-0.25, -0.2) is 0 Å². The second kappa shape index (κ2) is 3.76. The van der Waals surface area contributed by atoms with Crippen LogP contribution in [0.15, 0.2) is 18.2 Å². The summed E-state index contributed by atoms with van der Waals surface area (Å²) >= 11 is 5.58. The highest BCUT2D eigenvalue weighted by Gasteiger charge is 2.06. The maximum atomic E-state index is 9.18. The normalized spacial score (nSPS) is 12.9. The minimum absolute atomic E-state index is 0.0157. The average Bonchev–Trinajstić information content (AvgIpc) is 2.08. The van der Waals surface area contributed by atoms with Gasteiger partial charge >= 0.3 is 0 Å². The SMILES string of the molecule is NC(CO)c1ccc(Cl)c(O)c1. The minimum Gasteiger partial charge on any atom is -0.506 e. The Morgan fingerprint density at radius 3 is 2.67 bits per heavy atom. The smallest absolute Gasteiger partial charge is 0.134 e. The first-order chi connectivity index (χ1) is 5.65. The van der Waals surface area contributed by atoms with E-state index >= 15 is 0 Å². The fourth-order valence-corrected chi connectivity index (χ4v) is 0.983. The van der Waals surface area contributed by atoms with E-state index in [4.69, 9.17) is 22.4 Å². The molecule has 1 unspecified atom stereocenters. The molecular formula is C8H10ClNO2. The number of aromatic hydroxyl groups is 1. The van der Waals surface area contributed by atoms with Gasteiger partial charge in [-0.1, -0.05) is 17.7 Å². The summed E-state index contributed by atoms with van der Waals surface area (Å²) in [5.74, 6) is -0.0157. The zero-order valence-corrected chi connectivity index (χ0v) is 7.12. The first kappa shape index (κ1) is 9.32. The number of benzene rings is 1. The van der Waals surface area contributed by atoms with E-state index in [1.807, 2.05) is 0 Å². The van der Waals surface area contributed by atoms with Crippen molar-refractivity contribution in [3.05, 3.63) is 28.8 Å². The van der Waals surface area contributed by atoms with Gasteiger partial charge in [0.05, 0.1) is 17.7 Å². The fraction of sp³-hybridized carbons (Fsp3) is 0.250. The molecule has 1 aromatic carbocycles. The van der Waals surface area contributed by atoms with Crippen LogP contribution in [0.5, 0.6) is 5.75 Å². The summed E-state index contributed by atoms with van der Waals surface area (Å²) < 4.78 is 0. The van der Waals surface area contributed by atoms with E-state index in [1.165, 1.54) is 6.07 Å². The molecule has 0 aliphatic rings. The van der Waals surface area contributed by atoms with Gasteiger partial charge in [-0.05, 0) is 17.7 Å². The molecule has 0 saturated carbocycles. The molecular weight excluding hydrogens is 178 g/mol. The van der Waals surface area contributed by atoms with E-state index in [0.717, 1.165) is 0 Å². The molecule has 3 nitrogen and oxygen atoms in total. The van der Waals surface area contributed by atoms with Crippen LogP contribution < -0.4 is 5.73 Å². The summed E-state index contributed by atoms with van der Waals surface area (Å²) in [4.78, 5) is 0. The molecule has 0 aliphatic carbocycles. The number of aliphatic hydroxyl groups is 1. The molecule has 0 amide bonds. The van der Waals surface area contributed by atoms with E-state index in [2.05, 4.69) is 0 Å². The van der Waals surface area contributed by atoms with Crippen molar-refractivity contribution in [1.82, 2.24) is 0 Å². The maximum Gasteiger partial charge on any atom is 0.134 e. The zero-order valence-electron chi connectivity index (χ0n) is 6.37. The quantitative estimate of drug-likeness (QED) is 0.648. The second-order valence-corrected chi connectivity index (χ2v) is 2.91. The monoisotopic (exact) mass is 187 g/mol. The number of aliphatic hydroxyl groups excluding tert-OH is 1. The molecule has 4 heteroatoms. The third-order valence-electron chi connectivity index (χ3n) is 1.60. The van der Waals surface area contributed by atoms with Crippen molar-refractivity contribution in [3.63, 3.8) is 0 Å². The summed E-state index contributed by atoms with van der Waals surface area (Å²) in [6.45, 7) is -0.152. The Morgan fingerprint density at radius 2 is 2.17 bits per heavy atom. The summed E-state index contributed by atoms with van der Waals surface area (Å²) in [5, 5.41) is 18.2. The van der Waals surface area contributed by atoms with E-state index in [-0.39, 0.29) is 17.4 Å². The maximum absolute atomic E-state index is 9.18. The van der Waals surface area contributed by atoms with Crippen LogP contribution in [0.3, 0.4) is 0 Å². The summed E-state index contributed by atoms with van der Waals surface area (Å²) in [6, 6.07) is 4.20. The van der Waals surface area contributed by atoms with Gasteiger partial charge in [0.1, 0.15) is 5.75 Å². The highest BCUT2D eigenvalue weighted by atomic mass is 35.5. The Kier molecular flexibility index (Phi) is 2.92. The lowest BCUT2D eigenvalue weighted by Gasteiger charge is -2.08. The molecule has 1 rings (SSSR count). The first-order valence-electron chi connectivity index (χ1n) is 3.50. The predicted molar refractivity (Wildman–Crippen MR) is 47.1 cm³/mol. The average molecular weight is 188 g/mol. The summed E-state index contributed by atoms with van der Waals surface area (Å²) in [5.41, 5.74) is 6.18. The molecule has 0 aromatic heterocycles. The molecule has 1 aromatic rings. The Labute approximate surface area is 75.4 Å². The molecule has 0 aliphatic heterocycles. The van der Waals surface area contributed by atoms with Crippen molar-refractivity contribution in [2.24, 2.45) is 5.73 Å². The Hall–Kier alpha value is -0.770. The van der Waals surface area contributed by atoms with E-state index in [1.54, 1.807) is 12.1 Å². The van der Waals surface area contributed by atoms with Crippen LogP contribution >= 0.6 is 11.6 Å². The Balaban J connectivity index is 2.96. The molecule has 0 bridgehead atoms. The third-order valence-corrected chi connectivity index (χ3v) is 1.91. The van der Waals surface area contributed by atoms with Crippen molar-refractivity contribution in [2.45, 2.75) is 6.04 Å². The lowest BCUT2D eigenvalue weighted by Crippen LogP contribution is -2.14. The number of nitrogens with two attached hydrogens (primary N) is 1. The van der Waals surface area contributed by atoms with Gasteiger partial charge in [0.25, 0.3) is 0 Å². The fourth-order valence-electron chi connectivity index (χ4n) is 0.866. The molecule has 0 saturated heterocycles. The second-order valence-electron chi connectivity index (χ2n) is 2.50. The largest absolute Gasteiger partial charge is 0.506 e. The molecule has 0 radical (unpaired) electrons. The third kappa shape index (κ3) is 1.88. The Morgan fingerprint density at radius 1 is 1.50 bits per heavy atom. The number of halogens is 1. The van der Waals surface area contributed by atoms with E-state index in [9.17, 15) is 5.11 Å². The lowest BCUT2D eigenvalue weighted by molar-refractivity contribution is 0.268. The van der Waals surface area contributed by atoms with Crippen molar-refractivity contribution in [3.8, 4) is 5.75 Å². The minimum atomic E-state index is -0.465. The molecule has 12 heavy (non-hydrogen) atoms. The molecule has 66 valence electrons. The van der Waals surface area contributed by atoms with Gasteiger partial charge < -0.3 is 15.9 Å². The number of hydrogen-bond donors (Lipinski definition) is 3. The standard InChI is InChI=1S/C8H10ClNO2/c9-6-2-1-5(3-8(6)12)7(10)4-11/h1-3,7,11-12H,4,10H2. The number of rotatable bonds is 2. The molecule has 0 fully saturated rings. The van der Waals surface area contributed by atoms with Gasteiger partial charge in [0, 0.05) is 0 Å². The Bertz CT molecular complexity index is 278. The van der Waals surface area contributed by atoms with Crippen LogP contribution in [0.25, 0.3) is 0 Å². The van der Waals surface area contributed by atoms with Crippen LogP contribution in [-0.2, 0) is 0 Å². The van der Waals surface area contributed by atoms with Crippen LogP contribution in [0, 0.1) is 0 Å². The molecule has 4 N–H and O–H groups in total. The summed E-state index contributed by atoms with van der Waals surface area (Å²) in [6.07, 6.45) is 0. The van der Waals surface area contributed by atoms with Gasteiger partial charge in [0.2, 0.25) is 0 Å². The van der Waals surface area contributed by atoms with Crippen molar-refractivity contribution < 1.29 is 10.2 Å². The molecule has 1 atom stereocenters. The van der Waals surface area contributed by atoms with Crippen LogP contribution in [0.4, 0.5) is 0 Å². The van der Waals surface area contributed by atoms with Crippen molar-refractivity contribution >= 4 is 11.6 Å². The number of hydrogen-bond acceptors (Lipinski definition) is 3. The van der Waals surface area contributed by atoms with Crippen LogP contribution in [0.2, 0.25) is 5.02 Å². The number of phenolic OH excluding ortho intramolecular Hbond substituents is 1.